The summed E-state index contributed by atoms with van der Waals surface area (Å²) in [5, 5.41) is 15.3. The third-order valence-corrected chi connectivity index (χ3v) is 8.32. The summed E-state index contributed by atoms with van der Waals surface area (Å²) in [5.41, 5.74) is 0.801. The maximum Gasteiger partial charge on any atom is 0.303 e. The van der Waals surface area contributed by atoms with Crippen molar-refractivity contribution in [3.63, 3.8) is 0 Å². The SMILES string of the molecule is O=C(O)CC(CS(=O)(=O)c1ccc(Oc2ccc(Nc3c(NC4CC4)c(=O)c3=O)cc2)cc1)c1ccccc1. The second-order valence-corrected chi connectivity index (χ2v) is 11.6. The van der Waals surface area contributed by atoms with E-state index in [1.807, 2.05) is 0 Å². The lowest BCUT2D eigenvalue weighted by Gasteiger charge is -2.16. The number of sulfone groups is 1. The standard InChI is InChI=1S/C29H26N2O7S/c32-25(33)16-19(18-4-2-1-3-5-18)17-39(36,37)24-14-12-23(13-15-24)38-22-10-8-21(9-11-22)31-27-26(28(34)29(27)35)30-20-6-7-20/h1-5,8-15,19-20,30-31H,6-7,16-17H2,(H,32,33). The molecule has 200 valence electrons. The molecule has 1 saturated carbocycles. The highest BCUT2D eigenvalue weighted by molar-refractivity contribution is 7.91. The van der Waals surface area contributed by atoms with Crippen LogP contribution in [0.15, 0.2) is 93.3 Å². The quantitative estimate of drug-likeness (QED) is 0.220. The fourth-order valence-electron chi connectivity index (χ4n) is 4.25. The van der Waals surface area contributed by atoms with Crippen molar-refractivity contribution in [2.24, 2.45) is 0 Å². The first kappa shape index (κ1) is 26.2. The highest BCUT2D eigenvalue weighted by Crippen LogP contribution is 2.30. The van der Waals surface area contributed by atoms with E-state index < -0.39 is 32.6 Å². The minimum atomic E-state index is -3.76. The van der Waals surface area contributed by atoms with E-state index in [4.69, 9.17) is 4.74 Å². The number of anilines is 3. The van der Waals surface area contributed by atoms with E-state index >= 15 is 0 Å². The van der Waals surface area contributed by atoms with Crippen molar-refractivity contribution >= 4 is 32.9 Å². The van der Waals surface area contributed by atoms with Crippen LogP contribution in [-0.2, 0) is 14.6 Å². The van der Waals surface area contributed by atoms with Gasteiger partial charge in [-0.3, -0.25) is 14.4 Å². The molecule has 0 aromatic heterocycles. The predicted octanol–water partition coefficient (Wildman–Crippen LogP) is 4.43. The number of rotatable bonds is 12. The zero-order valence-corrected chi connectivity index (χ0v) is 21.6. The molecule has 0 bridgehead atoms. The monoisotopic (exact) mass is 546 g/mol. The average molecular weight is 547 g/mol. The third kappa shape index (κ3) is 6.18. The normalized spacial score (nSPS) is 14.1. The molecule has 4 aromatic carbocycles. The topological polar surface area (TPSA) is 139 Å². The van der Waals surface area contributed by atoms with Gasteiger partial charge in [-0.2, -0.15) is 0 Å². The molecule has 1 fully saturated rings. The second-order valence-electron chi connectivity index (χ2n) is 9.54. The van der Waals surface area contributed by atoms with Crippen LogP contribution in [-0.4, -0.2) is 31.3 Å². The van der Waals surface area contributed by atoms with Gasteiger partial charge in [-0.15, -0.1) is 0 Å². The predicted molar refractivity (Wildman–Crippen MR) is 148 cm³/mol. The first-order chi connectivity index (χ1) is 18.7. The van der Waals surface area contributed by atoms with E-state index in [0.717, 1.165) is 12.8 Å². The average Bonchev–Trinajstić information content (AvgIpc) is 3.76. The van der Waals surface area contributed by atoms with Crippen LogP contribution in [0.5, 0.6) is 11.5 Å². The maximum absolute atomic E-state index is 13.1. The molecule has 0 spiro atoms. The van der Waals surface area contributed by atoms with Gasteiger partial charge in [-0.05, 0) is 66.9 Å². The van der Waals surface area contributed by atoms with Gasteiger partial charge >= 0.3 is 5.97 Å². The van der Waals surface area contributed by atoms with E-state index in [1.165, 1.54) is 24.3 Å². The Kier molecular flexibility index (Phi) is 7.21. The fraction of sp³-hybridized carbons (Fsp3) is 0.207. The molecule has 1 aliphatic rings. The van der Waals surface area contributed by atoms with E-state index in [1.54, 1.807) is 54.6 Å². The summed E-state index contributed by atoms with van der Waals surface area (Å²) in [6.07, 6.45) is 1.67. The molecule has 0 radical (unpaired) electrons. The van der Waals surface area contributed by atoms with Gasteiger partial charge < -0.3 is 20.5 Å². The van der Waals surface area contributed by atoms with Crippen LogP contribution >= 0.6 is 0 Å². The minimum Gasteiger partial charge on any atom is -0.481 e. The summed E-state index contributed by atoms with van der Waals surface area (Å²) in [7, 11) is -3.76. The van der Waals surface area contributed by atoms with Crippen molar-refractivity contribution in [3.8, 4) is 11.5 Å². The van der Waals surface area contributed by atoms with Crippen molar-refractivity contribution < 1.29 is 23.1 Å². The van der Waals surface area contributed by atoms with E-state index in [2.05, 4.69) is 10.6 Å². The van der Waals surface area contributed by atoms with Crippen LogP contribution in [0.3, 0.4) is 0 Å². The van der Waals surface area contributed by atoms with Crippen LogP contribution < -0.4 is 26.2 Å². The number of carboxylic acids is 1. The first-order valence-corrected chi connectivity index (χ1v) is 14.1. The Morgan fingerprint density at radius 1 is 0.872 bits per heavy atom. The van der Waals surface area contributed by atoms with Crippen molar-refractivity contribution in [3.05, 3.63) is 105 Å². The number of hydrogen-bond donors (Lipinski definition) is 3. The molecule has 4 aromatic rings. The van der Waals surface area contributed by atoms with Crippen LogP contribution in [0.4, 0.5) is 17.1 Å². The van der Waals surface area contributed by atoms with Gasteiger partial charge in [0.1, 0.15) is 22.9 Å². The van der Waals surface area contributed by atoms with Crippen LogP contribution in [0, 0.1) is 0 Å². The molecule has 0 saturated heterocycles. The highest BCUT2D eigenvalue weighted by Gasteiger charge is 2.28. The van der Waals surface area contributed by atoms with E-state index in [0.29, 0.717) is 28.4 Å². The summed E-state index contributed by atoms with van der Waals surface area (Å²) in [6, 6.07) is 21.7. The number of hydrogen-bond acceptors (Lipinski definition) is 8. The third-order valence-electron chi connectivity index (χ3n) is 6.49. The zero-order valence-electron chi connectivity index (χ0n) is 20.8. The van der Waals surface area contributed by atoms with Crippen molar-refractivity contribution in [1.82, 2.24) is 0 Å². The Bertz CT molecular complexity index is 1650. The Hall–Kier alpha value is -4.44. The Morgan fingerprint density at radius 3 is 2.05 bits per heavy atom. The van der Waals surface area contributed by atoms with Crippen LogP contribution in [0.25, 0.3) is 0 Å². The number of carbonyl (C=O) groups is 1. The molecule has 9 nitrogen and oxygen atoms in total. The molecule has 0 heterocycles. The summed E-state index contributed by atoms with van der Waals surface area (Å²) in [5.74, 6) is -1.17. The molecule has 1 atom stereocenters. The lowest BCUT2D eigenvalue weighted by Crippen LogP contribution is -2.37. The molecule has 1 aliphatic carbocycles. The largest absolute Gasteiger partial charge is 0.481 e. The van der Waals surface area contributed by atoms with Crippen molar-refractivity contribution in [2.45, 2.75) is 36.1 Å². The molecule has 10 heteroatoms. The minimum absolute atomic E-state index is 0.0734. The maximum atomic E-state index is 13.1. The zero-order chi connectivity index (χ0) is 27.6. The van der Waals surface area contributed by atoms with Gasteiger partial charge in [0.2, 0.25) is 0 Å². The lowest BCUT2D eigenvalue weighted by molar-refractivity contribution is -0.137. The molecule has 3 N–H and O–H groups in total. The molecule has 5 rings (SSSR count). The first-order valence-electron chi connectivity index (χ1n) is 12.4. The fourth-order valence-corrected chi connectivity index (χ4v) is 5.84. The summed E-state index contributed by atoms with van der Waals surface area (Å²) in [4.78, 5) is 35.2. The highest BCUT2D eigenvalue weighted by atomic mass is 32.2. The smallest absolute Gasteiger partial charge is 0.303 e. The van der Waals surface area contributed by atoms with Gasteiger partial charge in [0.15, 0.2) is 9.84 Å². The number of ether oxygens (including phenoxy) is 1. The Balaban J connectivity index is 1.23. The Labute approximate surface area is 224 Å². The molecule has 0 aliphatic heterocycles. The number of nitrogens with one attached hydrogen (secondary N) is 2. The van der Waals surface area contributed by atoms with E-state index in [9.17, 15) is 27.9 Å². The summed E-state index contributed by atoms with van der Waals surface area (Å²) in [6.45, 7) is 0. The second kappa shape index (κ2) is 10.7. The summed E-state index contributed by atoms with van der Waals surface area (Å²) >= 11 is 0. The number of benzene rings is 3. The van der Waals surface area contributed by atoms with Crippen molar-refractivity contribution in [1.29, 1.82) is 0 Å². The molecular weight excluding hydrogens is 520 g/mol. The van der Waals surface area contributed by atoms with Crippen LogP contribution in [0.2, 0.25) is 0 Å². The Morgan fingerprint density at radius 2 is 1.46 bits per heavy atom. The lowest BCUT2D eigenvalue weighted by atomic mass is 9.98. The van der Waals surface area contributed by atoms with Crippen LogP contribution in [0.1, 0.15) is 30.7 Å². The van der Waals surface area contributed by atoms with E-state index in [-0.39, 0.29) is 28.8 Å². The number of aliphatic carboxylic acids is 1. The van der Waals surface area contributed by atoms with Gasteiger partial charge in [0.05, 0.1) is 17.1 Å². The van der Waals surface area contributed by atoms with Gasteiger partial charge in [0, 0.05) is 17.6 Å². The molecule has 39 heavy (non-hydrogen) atoms. The molecular formula is C29H26N2O7S. The van der Waals surface area contributed by atoms with Crippen molar-refractivity contribution in [2.75, 3.05) is 16.4 Å². The van der Waals surface area contributed by atoms with Gasteiger partial charge in [-0.25, -0.2) is 8.42 Å². The van der Waals surface area contributed by atoms with Gasteiger partial charge in [-0.1, -0.05) is 30.3 Å². The number of carboxylic acid groups (broad SMARTS) is 1. The summed E-state index contributed by atoms with van der Waals surface area (Å²) < 4.78 is 31.9. The molecule has 0 amide bonds. The van der Waals surface area contributed by atoms with Gasteiger partial charge in [0.25, 0.3) is 10.9 Å². The molecule has 1 unspecified atom stereocenters.